The van der Waals surface area contributed by atoms with Gasteiger partial charge < -0.3 is 14.8 Å². The summed E-state index contributed by atoms with van der Waals surface area (Å²) in [5.41, 5.74) is -2.26. The van der Waals surface area contributed by atoms with Crippen LogP contribution in [0.1, 0.15) is 28.8 Å². The first-order valence-corrected chi connectivity index (χ1v) is 6.72. The lowest BCUT2D eigenvalue weighted by Gasteiger charge is -2.21. The Kier molecular flexibility index (Phi) is 4.46. The summed E-state index contributed by atoms with van der Waals surface area (Å²) >= 11 is 0. The molecular weight excluding hydrogens is 307 g/mol. The van der Waals surface area contributed by atoms with Crippen LogP contribution in [0.15, 0.2) is 34.7 Å². The standard InChI is InChI=1S/C15H15FN2O5/c1-9-3-6-13(23-9)15(2,20)8-17-14(19)11-5-4-10(18(21)22)7-12(11)16/h3-7,20H,8H2,1-2H3,(H,17,19). The second-order valence-corrected chi connectivity index (χ2v) is 5.29. The summed E-state index contributed by atoms with van der Waals surface area (Å²) in [4.78, 5) is 21.8. The maximum atomic E-state index is 13.8. The molecule has 8 heteroatoms. The third kappa shape index (κ3) is 3.72. The zero-order valence-corrected chi connectivity index (χ0v) is 12.5. The van der Waals surface area contributed by atoms with E-state index in [1.54, 1.807) is 19.1 Å². The van der Waals surface area contributed by atoms with Crippen LogP contribution in [-0.2, 0) is 5.60 Å². The molecule has 0 saturated carbocycles. The molecule has 122 valence electrons. The van der Waals surface area contributed by atoms with Crippen molar-refractivity contribution in [2.24, 2.45) is 0 Å². The molecule has 2 N–H and O–H groups in total. The van der Waals surface area contributed by atoms with Gasteiger partial charge in [-0.25, -0.2) is 4.39 Å². The average molecular weight is 322 g/mol. The van der Waals surface area contributed by atoms with E-state index in [9.17, 15) is 24.4 Å². The number of aliphatic hydroxyl groups is 1. The number of halogens is 1. The van der Waals surface area contributed by atoms with Gasteiger partial charge in [-0.15, -0.1) is 0 Å². The molecule has 0 bridgehead atoms. The van der Waals surface area contributed by atoms with Crippen molar-refractivity contribution in [1.29, 1.82) is 0 Å². The van der Waals surface area contributed by atoms with Crippen molar-refractivity contribution >= 4 is 11.6 Å². The molecule has 0 radical (unpaired) electrons. The topological polar surface area (TPSA) is 106 Å². The highest BCUT2D eigenvalue weighted by molar-refractivity contribution is 5.94. The molecule has 0 fully saturated rings. The van der Waals surface area contributed by atoms with E-state index in [2.05, 4.69) is 5.32 Å². The fourth-order valence-corrected chi connectivity index (χ4v) is 1.96. The third-order valence-electron chi connectivity index (χ3n) is 3.27. The van der Waals surface area contributed by atoms with Gasteiger partial charge in [-0.2, -0.15) is 0 Å². The number of nitro groups is 1. The number of amides is 1. The summed E-state index contributed by atoms with van der Waals surface area (Å²) in [7, 11) is 0. The minimum absolute atomic E-state index is 0.213. The zero-order chi connectivity index (χ0) is 17.2. The quantitative estimate of drug-likeness (QED) is 0.649. The Labute approximate surface area is 130 Å². The Morgan fingerprint density at radius 3 is 2.65 bits per heavy atom. The van der Waals surface area contributed by atoms with Crippen molar-refractivity contribution in [1.82, 2.24) is 5.32 Å². The normalized spacial score (nSPS) is 13.4. The van der Waals surface area contributed by atoms with Gasteiger partial charge in [0.15, 0.2) is 0 Å². The molecule has 2 aromatic rings. The summed E-state index contributed by atoms with van der Waals surface area (Å²) in [5, 5.41) is 23.2. The lowest BCUT2D eigenvalue weighted by Crippen LogP contribution is -2.38. The molecule has 2 rings (SSSR count). The molecule has 7 nitrogen and oxygen atoms in total. The van der Waals surface area contributed by atoms with Crippen molar-refractivity contribution in [3.63, 3.8) is 0 Å². The van der Waals surface area contributed by atoms with Crippen LogP contribution < -0.4 is 5.32 Å². The second kappa shape index (κ2) is 6.17. The van der Waals surface area contributed by atoms with Crippen LogP contribution in [0, 0.1) is 22.9 Å². The van der Waals surface area contributed by atoms with E-state index in [-0.39, 0.29) is 17.9 Å². The van der Waals surface area contributed by atoms with Crippen LogP contribution in [-0.4, -0.2) is 22.5 Å². The fourth-order valence-electron chi connectivity index (χ4n) is 1.96. The molecule has 1 aromatic carbocycles. The number of nitrogens with zero attached hydrogens (tertiary/aromatic N) is 1. The van der Waals surface area contributed by atoms with Gasteiger partial charge in [0.25, 0.3) is 11.6 Å². The molecule has 1 heterocycles. The molecule has 1 unspecified atom stereocenters. The number of nitro benzene ring substituents is 1. The Bertz CT molecular complexity index is 754. The van der Waals surface area contributed by atoms with Crippen LogP contribution in [0.25, 0.3) is 0 Å². The maximum absolute atomic E-state index is 13.8. The van der Waals surface area contributed by atoms with Crippen LogP contribution in [0.3, 0.4) is 0 Å². The number of aryl methyl sites for hydroxylation is 1. The molecular formula is C15H15FN2O5. The van der Waals surface area contributed by atoms with E-state index in [1.165, 1.54) is 6.92 Å². The molecule has 1 atom stereocenters. The average Bonchev–Trinajstić information content (AvgIpc) is 2.92. The number of rotatable bonds is 5. The SMILES string of the molecule is Cc1ccc(C(C)(O)CNC(=O)c2ccc([N+](=O)[O-])cc2F)o1. The lowest BCUT2D eigenvalue weighted by molar-refractivity contribution is -0.385. The number of hydrogen-bond acceptors (Lipinski definition) is 5. The van der Waals surface area contributed by atoms with Crippen LogP contribution in [0.2, 0.25) is 0 Å². The minimum Gasteiger partial charge on any atom is -0.463 e. The van der Waals surface area contributed by atoms with E-state index < -0.39 is 27.9 Å². The van der Waals surface area contributed by atoms with E-state index >= 15 is 0 Å². The summed E-state index contributed by atoms with van der Waals surface area (Å²) in [6, 6.07) is 5.97. The highest BCUT2D eigenvalue weighted by Crippen LogP contribution is 2.22. The number of benzene rings is 1. The van der Waals surface area contributed by atoms with Gasteiger partial charge in [-0.1, -0.05) is 0 Å². The molecule has 0 spiro atoms. The van der Waals surface area contributed by atoms with Gasteiger partial charge in [-0.05, 0) is 32.0 Å². The smallest absolute Gasteiger partial charge is 0.272 e. The molecule has 0 aliphatic rings. The molecule has 1 amide bonds. The Balaban J connectivity index is 2.09. The molecule has 0 aliphatic carbocycles. The zero-order valence-electron chi connectivity index (χ0n) is 12.5. The lowest BCUT2D eigenvalue weighted by atomic mass is 10.0. The van der Waals surface area contributed by atoms with Gasteiger partial charge in [0.1, 0.15) is 22.9 Å². The van der Waals surface area contributed by atoms with Gasteiger partial charge in [-0.3, -0.25) is 14.9 Å². The first kappa shape index (κ1) is 16.6. The number of hydrogen-bond donors (Lipinski definition) is 2. The van der Waals surface area contributed by atoms with Crippen LogP contribution >= 0.6 is 0 Å². The first-order chi connectivity index (χ1) is 10.7. The molecule has 23 heavy (non-hydrogen) atoms. The van der Waals surface area contributed by atoms with Crippen molar-refractivity contribution in [3.05, 3.63) is 63.3 Å². The maximum Gasteiger partial charge on any atom is 0.272 e. The van der Waals surface area contributed by atoms with Gasteiger partial charge in [0, 0.05) is 6.07 Å². The van der Waals surface area contributed by atoms with Crippen molar-refractivity contribution in [2.45, 2.75) is 19.4 Å². The van der Waals surface area contributed by atoms with Gasteiger partial charge in [0.2, 0.25) is 0 Å². The van der Waals surface area contributed by atoms with Crippen LogP contribution in [0.5, 0.6) is 0 Å². The van der Waals surface area contributed by atoms with E-state index in [1.807, 2.05) is 0 Å². The Morgan fingerprint density at radius 2 is 2.13 bits per heavy atom. The predicted molar refractivity (Wildman–Crippen MR) is 78.4 cm³/mol. The van der Waals surface area contributed by atoms with E-state index in [0.717, 1.165) is 12.1 Å². The number of furan rings is 1. The Morgan fingerprint density at radius 1 is 1.43 bits per heavy atom. The number of nitrogens with one attached hydrogen (secondary N) is 1. The first-order valence-electron chi connectivity index (χ1n) is 6.72. The van der Waals surface area contributed by atoms with Crippen molar-refractivity contribution in [2.75, 3.05) is 6.54 Å². The molecule has 0 saturated heterocycles. The minimum atomic E-state index is -1.47. The van der Waals surface area contributed by atoms with Crippen molar-refractivity contribution in [3.8, 4) is 0 Å². The summed E-state index contributed by atoms with van der Waals surface area (Å²) in [6.07, 6.45) is 0. The largest absolute Gasteiger partial charge is 0.463 e. The summed E-state index contributed by atoms with van der Waals surface area (Å²) in [5.74, 6) is -0.932. The number of carbonyl (C=O) groups is 1. The summed E-state index contributed by atoms with van der Waals surface area (Å²) in [6.45, 7) is 2.94. The van der Waals surface area contributed by atoms with Gasteiger partial charge >= 0.3 is 0 Å². The molecule has 0 aliphatic heterocycles. The second-order valence-electron chi connectivity index (χ2n) is 5.29. The summed E-state index contributed by atoms with van der Waals surface area (Å²) < 4.78 is 19.1. The highest BCUT2D eigenvalue weighted by atomic mass is 19.1. The highest BCUT2D eigenvalue weighted by Gasteiger charge is 2.28. The number of non-ortho nitro benzene ring substituents is 1. The monoisotopic (exact) mass is 322 g/mol. The van der Waals surface area contributed by atoms with Crippen LogP contribution in [0.4, 0.5) is 10.1 Å². The Hall–Kier alpha value is -2.74. The van der Waals surface area contributed by atoms with E-state index in [4.69, 9.17) is 4.42 Å². The number of carbonyl (C=O) groups excluding carboxylic acids is 1. The van der Waals surface area contributed by atoms with E-state index in [0.29, 0.717) is 11.8 Å². The fraction of sp³-hybridized carbons (Fsp3) is 0.267. The van der Waals surface area contributed by atoms with Crippen molar-refractivity contribution < 1.29 is 23.6 Å². The predicted octanol–water partition coefficient (Wildman–Crippen LogP) is 2.27. The third-order valence-corrected chi connectivity index (χ3v) is 3.27. The van der Waals surface area contributed by atoms with Gasteiger partial charge in [0.05, 0.1) is 23.1 Å². The molecule has 1 aromatic heterocycles.